The third-order valence-corrected chi connectivity index (χ3v) is 8.06. The van der Waals surface area contributed by atoms with Crippen LogP contribution in [0.4, 0.5) is 5.69 Å². The molecule has 2 aromatic carbocycles. The zero-order valence-electron chi connectivity index (χ0n) is 17.5. The van der Waals surface area contributed by atoms with E-state index in [1.807, 2.05) is 42.6 Å². The lowest BCUT2D eigenvalue weighted by Gasteiger charge is -2.27. The van der Waals surface area contributed by atoms with E-state index < -0.39 is 10.0 Å². The minimum Gasteiger partial charge on any atom is -0.374 e. The van der Waals surface area contributed by atoms with Gasteiger partial charge in [-0.1, -0.05) is 24.3 Å². The van der Waals surface area contributed by atoms with Gasteiger partial charge in [0.2, 0.25) is 0 Å². The summed E-state index contributed by atoms with van der Waals surface area (Å²) in [5.41, 5.74) is 5.24. The van der Waals surface area contributed by atoms with Crippen LogP contribution in [0.25, 0.3) is 16.5 Å². The second-order valence-electron chi connectivity index (χ2n) is 8.42. The van der Waals surface area contributed by atoms with Crippen LogP contribution in [-0.4, -0.2) is 51.0 Å². The monoisotopic (exact) mass is 421 g/mol. The molecule has 0 saturated heterocycles. The number of hydrogen-bond donors (Lipinski definition) is 0. The maximum absolute atomic E-state index is 13.7. The Kier molecular flexibility index (Phi) is 4.71. The summed E-state index contributed by atoms with van der Waals surface area (Å²) in [5, 5.41) is 0.995. The summed E-state index contributed by atoms with van der Waals surface area (Å²) in [6.07, 6.45) is 6.93. The zero-order valence-corrected chi connectivity index (χ0v) is 18.3. The number of nitrogens with zero attached hydrogens (tertiary/aromatic N) is 3. The van der Waals surface area contributed by atoms with Gasteiger partial charge in [-0.25, -0.2) is 12.4 Å². The van der Waals surface area contributed by atoms with Crippen molar-refractivity contribution in [3.05, 3.63) is 65.9 Å². The Labute approximate surface area is 178 Å². The highest BCUT2D eigenvalue weighted by Crippen LogP contribution is 2.34. The van der Waals surface area contributed by atoms with Crippen LogP contribution in [0.2, 0.25) is 0 Å². The predicted octanol–water partition coefficient (Wildman–Crippen LogP) is 3.98. The Morgan fingerprint density at radius 2 is 1.80 bits per heavy atom. The maximum atomic E-state index is 13.7. The van der Waals surface area contributed by atoms with Crippen molar-refractivity contribution >= 4 is 32.2 Å². The van der Waals surface area contributed by atoms with Crippen LogP contribution >= 0.6 is 0 Å². The molecule has 2 aliphatic rings. The van der Waals surface area contributed by atoms with Gasteiger partial charge in [-0.05, 0) is 61.7 Å². The predicted molar refractivity (Wildman–Crippen MR) is 123 cm³/mol. The van der Waals surface area contributed by atoms with Crippen LogP contribution < -0.4 is 4.90 Å². The van der Waals surface area contributed by atoms with Crippen molar-refractivity contribution < 1.29 is 8.42 Å². The number of rotatable bonds is 3. The molecule has 0 atom stereocenters. The molecule has 2 aliphatic heterocycles. The van der Waals surface area contributed by atoms with Gasteiger partial charge >= 0.3 is 0 Å². The van der Waals surface area contributed by atoms with Crippen LogP contribution in [0, 0.1) is 0 Å². The summed E-state index contributed by atoms with van der Waals surface area (Å²) in [5.74, 6) is 0. The largest absolute Gasteiger partial charge is 0.374 e. The summed E-state index contributed by atoms with van der Waals surface area (Å²) in [6.45, 7) is 2.88. The molecule has 3 heterocycles. The molecule has 5 rings (SSSR count). The molecular weight excluding hydrogens is 394 g/mol. The lowest BCUT2D eigenvalue weighted by atomic mass is 9.99. The van der Waals surface area contributed by atoms with Crippen molar-refractivity contribution in [1.82, 2.24) is 8.87 Å². The Morgan fingerprint density at radius 1 is 0.967 bits per heavy atom. The molecule has 1 aromatic heterocycles. The molecule has 0 spiro atoms. The van der Waals surface area contributed by atoms with Crippen LogP contribution in [0.1, 0.15) is 24.0 Å². The number of anilines is 1. The third kappa shape index (κ3) is 3.15. The molecule has 5 nitrogen and oxygen atoms in total. The van der Waals surface area contributed by atoms with E-state index in [1.165, 1.54) is 9.55 Å². The first-order valence-corrected chi connectivity index (χ1v) is 12.0. The number of aryl methyl sites for hydroxylation is 1. The molecule has 6 heteroatoms. The number of benzene rings is 2. The van der Waals surface area contributed by atoms with Crippen molar-refractivity contribution in [2.24, 2.45) is 0 Å². The van der Waals surface area contributed by atoms with E-state index in [9.17, 15) is 8.42 Å². The summed E-state index contributed by atoms with van der Waals surface area (Å²) in [6, 6.07) is 13.4. The quantitative estimate of drug-likeness (QED) is 0.642. The van der Waals surface area contributed by atoms with Gasteiger partial charge in [0.25, 0.3) is 10.0 Å². The fourth-order valence-corrected chi connectivity index (χ4v) is 6.08. The number of aromatic nitrogens is 1. The minimum atomic E-state index is -3.68. The number of fused-ring (bicyclic) bond motifs is 2. The van der Waals surface area contributed by atoms with Gasteiger partial charge in [0.1, 0.15) is 0 Å². The molecule has 0 N–H and O–H groups in total. The van der Waals surface area contributed by atoms with Gasteiger partial charge < -0.3 is 9.80 Å². The molecule has 0 radical (unpaired) electrons. The fraction of sp³-hybridized carbons (Fsp3) is 0.333. The molecule has 0 saturated carbocycles. The summed E-state index contributed by atoms with van der Waals surface area (Å²) in [4.78, 5) is 4.83. The molecule has 0 fully saturated rings. The van der Waals surface area contributed by atoms with Crippen LogP contribution in [0.3, 0.4) is 0 Å². The average molecular weight is 422 g/mol. The lowest BCUT2D eigenvalue weighted by Crippen LogP contribution is -2.25. The normalized spacial score (nSPS) is 17.8. The van der Waals surface area contributed by atoms with E-state index in [-0.39, 0.29) is 0 Å². The van der Waals surface area contributed by atoms with E-state index in [0.717, 1.165) is 66.6 Å². The fourth-order valence-electron chi connectivity index (χ4n) is 4.66. The van der Waals surface area contributed by atoms with Crippen molar-refractivity contribution in [3.8, 4) is 0 Å². The Bertz CT molecular complexity index is 1260. The van der Waals surface area contributed by atoms with Gasteiger partial charge in [-0.3, -0.25) is 0 Å². The van der Waals surface area contributed by atoms with Crippen molar-refractivity contribution in [2.75, 3.05) is 38.6 Å². The van der Waals surface area contributed by atoms with E-state index >= 15 is 0 Å². The molecule has 0 amide bonds. The smallest absolute Gasteiger partial charge is 0.268 e. The van der Waals surface area contributed by atoms with Crippen molar-refractivity contribution in [2.45, 2.75) is 24.2 Å². The molecule has 30 heavy (non-hydrogen) atoms. The molecule has 156 valence electrons. The van der Waals surface area contributed by atoms with Gasteiger partial charge in [0, 0.05) is 49.5 Å². The Morgan fingerprint density at radius 3 is 2.60 bits per heavy atom. The van der Waals surface area contributed by atoms with Crippen LogP contribution in [-0.2, 0) is 16.4 Å². The topological polar surface area (TPSA) is 45.6 Å². The Hall–Kier alpha value is -2.57. The Balaban J connectivity index is 1.64. The molecular formula is C24H27N3O2S. The summed E-state index contributed by atoms with van der Waals surface area (Å²) >= 11 is 0. The second kappa shape index (κ2) is 7.29. The summed E-state index contributed by atoms with van der Waals surface area (Å²) in [7, 11) is 0.484. The molecule has 0 bridgehead atoms. The van der Waals surface area contributed by atoms with Crippen LogP contribution in [0.15, 0.2) is 59.6 Å². The number of hydrogen-bond acceptors (Lipinski definition) is 4. The first kappa shape index (κ1) is 19.4. The first-order valence-electron chi connectivity index (χ1n) is 10.5. The first-order chi connectivity index (χ1) is 14.4. The zero-order chi connectivity index (χ0) is 20.9. The van der Waals surface area contributed by atoms with E-state index in [1.54, 1.807) is 6.07 Å². The highest BCUT2D eigenvalue weighted by Gasteiger charge is 2.25. The SMILES string of the molecule is CN1CC=C(c2cn(S(=O)(=O)c3ccc4c(c3)CCCN4C)c3ccccc23)CC1. The number of likely N-dealkylation sites (N-methyl/N-ethyl adjacent to an activating group) is 1. The van der Waals surface area contributed by atoms with E-state index in [4.69, 9.17) is 0 Å². The van der Waals surface area contributed by atoms with Gasteiger partial charge in [0.05, 0.1) is 10.4 Å². The van der Waals surface area contributed by atoms with Crippen LogP contribution in [0.5, 0.6) is 0 Å². The highest BCUT2D eigenvalue weighted by molar-refractivity contribution is 7.90. The number of para-hydroxylation sites is 1. The van der Waals surface area contributed by atoms with Gasteiger partial charge in [-0.15, -0.1) is 0 Å². The standard InChI is InChI=1S/C24H27N3O2S/c1-25-14-11-18(12-15-25)22-17-27(24-8-4-3-7-21(22)24)30(28,29)20-9-10-23-19(16-20)6-5-13-26(23)2/h3-4,7-11,16-17H,5-6,12-15H2,1-2H3. The van der Waals surface area contributed by atoms with Gasteiger partial charge in [0.15, 0.2) is 0 Å². The van der Waals surface area contributed by atoms with E-state index in [0.29, 0.717) is 4.90 Å². The average Bonchev–Trinajstić information content (AvgIpc) is 3.15. The third-order valence-electron chi connectivity index (χ3n) is 6.39. The molecule has 0 unspecified atom stereocenters. The maximum Gasteiger partial charge on any atom is 0.268 e. The minimum absolute atomic E-state index is 0.362. The second-order valence-corrected chi connectivity index (χ2v) is 10.2. The van der Waals surface area contributed by atoms with E-state index in [2.05, 4.69) is 30.0 Å². The summed E-state index contributed by atoms with van der Waals surface area (Å²) < 4.78 is 28.8. The molecule has 0 aliphatic carbocycles. The highest BCUT2D eigenvalue weighted by atomic mass is 32.2. The lowest BCUT2D eigenvalue weighted by molar-refractivity contribution is 0.370. The van der Waals surface area contributed by atoms with Crippen molar-refractivity contribution in [1.29, 1.82) is 0 Å². The molecule has 3 aromatic rings. The van der Waals surface area contributed by atoms with Crippen molar-refractivity contribution in [3.63, 3.8) is 0 Å². The van der Waals surface area contributed by atoms with Gasteiger partial charge in [-0.2, -0.15) is 0 Å².